The average Bonchev–Trinajstić information content (AvgIpc) is 3.24. The molecule has 0 heterocycles. The molecule has 6 heteroatoms. The first-order valence-corrected chi connectivity index (χ1v) is 27.6. The lowest BCUT2D eigenvalue weighted by Crippen LogP contribution is -2.30. The Hall–Kier alpha value is -1.59. The molecule has 0 aromatic rings. The standard InChI is InChI=1S/C56H108O6/c1-7-52(6)44-38-32-26-20-15-16-22-28-34-40-46-55(58)61-49-53(62-56(59)47-41-35-29-23-17-19-25-31-37-43-51(4)5)48-60-54(57)45-39-33-27-21-14-12-10-8-9-11-13-18-24-30-36-42-50(2)3/h50-53H,7-49H2,1-6H3/t52?,53-/m0/s1. The van der Waals surface area contributed by atoms with Gasteiger partial charge in [-0.25, -0.2) is 0 Å². The van der Waals surface area contributed by atoms with Crippen LogP contribution in [0.1, 0.15) is 305 Å². The van der Waals surface area contributed by atoms with Crippen LogP contribution in [-0.4, -0.2) is 37.2 Å². The summed E-state index contributed by atoms with van der Waals surface area (Å²) in [5.74, 6) is 1.68. The zero-order chi connectivity index (χ0) is 45.6. The van der Waals surface area contributed by atoms with Gasteiger partial charge >= 0.3 is 17.9 Å². The predicted molar refractivity (Wildman–Crippen MR) is 266 cm³/mol. The Morgan fingerprint density at radius 2 is 0.565 bits per heavy atom. The van der Waals surface area contributed by atoms with Crippen LogP contribution in [0.5, 0.6) is 0 Å². The molecule has 0 aromatic carbocycles. The van der Waals surface area contributed by atoms with Crippen molar-refractivity contribution in [1.82, 2.24) is 0 Å². The second-order valence-corrected chi connectivity index (χ2v) is 20.4. The van der Waals surface area contributed by atoms with Gasteiger partial charge in [0.25, 0.3) is 0 Å². The van der Waals surface area contributed by atoms with E-state index >= 15 is 0 Å². The number of hydrogen-bond donors (Lipinski definition) is 0. The summed E-state index contributed by atoms with van der Waals surface area (Å²) in [5.41, 5.74) is 0. The lowest BCUT2D eigenvalue weighted by atomic mass is 9.99. The van der Waals surface area contributed by atoms with Crippen molar-refractivity contribution in [2.45, 2.75) is 311 Å². The Bertz CT molecular complexity index is 962. The lowest BCUT2D eigenvalue weighted by molar-refractivity contribution is -0.167. The summed E-state index contributed by atoms with van der Waals surface area (Å²) in [6.07, 6.45) is 48.0. The highest BCUT2D eigenvalue weighted by Gasteiger charge is 2.19. The lowest BCUT2D eigenvalue weighted by Gasteiger charge is -2.18. The summed E-state index contributed by atoms with van der Waals surface area (Å²) in [5, 5.41) is 0. The largest absolute Gasteiger partial charge is 0.462 e. The van der Waals surface area contributed by atoms with E-state index in [-0.39, 0.29) is 31.1 Å². The van der Waals surface area contributed by atoms with E-state index in [1.54, 1.807) is 0 Å². The van der Waals surface area contributed by atoms with E-state index in [4.69, 9.17) is 14.2 Å². The maximum Gasteiger partial charge on any atom is 0.306 e. The van der Waals surface area contributed by atoms with Crippen molar-refractivity contribution in [2.24, 2.45) is 17.8 Å². The van der Waals surface area contributed by atoms with E-state index < -0.39 is 6.10 Å². The molecule has 1 unspecified atom stereocenters. The summed E-state index contributed by atoms with van der Waals surface area (Å²) < 4.78 is 16.9. The monoisotopic (exact) mass is 877 g/mol. The van der Waals surface area contributed by atoms with Crippen LogP contribution in [0, 0.1) is 17.8 Å². The quantitative estimate of drug-likeness (QED) is 0.0344. The zero-order valence-electron chi connectivity index (χ0n) is 42.7. The second kappa shape index (κ2) is 47.4. The Kier molecular flexibility index (Phi) is 46.2. The van der Waals surface area contributed by atoms with E-state index in [2.05, 4.69) is 41.5 Å². The highest BCUT2D eigenvalue weighted by atomic mass is 16.6. The maximum absolute atomic E-state index is 12.8. The van der Waals surface area contributed by atoms with Crippen molar-refractivity contribution in [2.75, 3.05) is 13.2 Å². The van der Waals surface area contributed by atoms with Gasteiger partial charge in [-0.1, -0.05) is 266 Å². The fourth-order valence-corrected chi connectivity index (χ4v) is 8.44. The van der Waals surface area contributed by atoms with Gasteiger partial charge in [0.2, 0.25) is 0 Å². The van der Waals surface area contributed by atoms with Crippen LogP contribution in [-0.2, 0) is 28.6 Å². The molecule has 0 N–H and O–H groups in total. The van der Waals surface area contributed by atoms with Gasteiger partial charge in [-0.2, -0.15) is 0 Å². The Morgan fingerprint density at radius 1 is 0.323 bits per heavy atom. The summed E-state index contributed by atoms with van der Waals surface area (Å²) in [7, 11) is 0. The van der Waals surface area contributed by atoms with Crippen LogP contribution < -0.4 is 0 Å². The van der Waals surface area contributed by atoms with E-state index in [9.17, 15) is 14.4 Å². The highest BCUT2D eigenvalue weighted by Crippen LogP contribution is 2.18. The van der Waals surface area contributed by atoms with Crippen LogP contribution in [0.3, 0.4) is 0 Å². The third-order valence-electron chi connectivity index (χ3n) is 13.0. The van der Waals surface area contributed by atoms with Crippen molar-refractivity contribution in [3.8, 4) is 0 Å². The first-order valence-electron chi connectivity index (χ1n) is 27.6. The molecule has 0 bridgehead atoms. The summed E-state index contributed by atoms with van der Waals surface area (Å²) in [6, 6.07) is 0. The fourth-order valence-electron chi connectivity index (χ4n) is 8.44. The van der Waals surface area contributed by atoms with E-state index in [0.29, 0.717) is 19.3 Å². The molecule has 2 atom stereocenters. The Labute approximate surface area is 387 Å². The predicted octanol–water partition coefficient (Wildman–Crippen LogP) is 17.9. The minimum atomic E-state index is -0.763. The highest BCUT2D eigenvalue weighted by molar-refractivity contribution is 5.71. The van der Waals surface area contributed by atoms with Crippen molar-refractivity contribution in [3.05, 3.63) is 0 Å². The molecule has 0 aromatic heterocycles. The normalized spacial score (nSPS) is 12.6. The number of carbonyl (C=O) groups excluding carboxylic acids is 3. The Morgan fingerprint density at radius 3 is 0.839 bits per heavy atom. The number of hydrogen-bond acceptors (Lipinski definition) is 6. The SMILES string of the molecule is CCC(C)CCCCCCCCCCCCC(=O)OC[C@H](COC(=O)CCCCCCCCCCCCCCCCCC(C)C)OC(=O)CCCCCCCCCCCC(C)C. The molecule has 0 aliphatic carbocycles. The van der Waals surface area contributed by atoms with Crippen molar-refractivity contribution >= 4 is 17.9 Å². The molecule has 6 nitrogen and oxygen atoms in total. The van der Waals surface area contributed by atoms with Crippen LogP contribution in [0.4, 0.5) is 0 Å². The molecule has 0 spiro atoms. The van der Waals surface area contributed by atoms with E-state index in [1.807, 2.05) is 0 Å². The van der Waals surface area contributed by atoms with Gasteiger partial charge in [0.15, 0.2) is 6.10 Å². The van der Waals surface area contributed by atoms with Crippen molar-refractivity contribution in [1.29, 1.82) is 0 Å². The Balaban J connectivity index is 4.28. The fraction of sp³-hybridized carbons (Fsp3) is 0.946. The van der Waals surface area contributed by atoms with Gasteiger partial charge in [0.1, 0.15) is 13.2 Å². The van der Waals surface area contributed by atoms with Crippen LogP contribution in [0.15, 0.2) is 0 Å². The third kappa shape index (κ3) is 47.9. The van der Waals surface area contributed by atoms with Crippen LogP contribution >= 0.6 is 0 Å². The molecular weight excluding hydrogens is 769 g/mol. The smallest absolute Gasteiger partial charge is 0.306 e. The zero-order valence-corrected chi connectivity index (χ0v) is 42.7. The first kappa shape index (κ1) is 60.4. The minimum absolute atomic E-state index is 0.0643. The van der Waals surface area contributed by atoms with E-state index in [1.165, 1.54) is 186 Å². The van der Waals surface area contributed by atoms with Gasteiger partial charge in [-0.15, -0.1) is 0 Å². The van der Waals surface area contributed by atoms with Crippen molar-refractivity contribution in [3.63, 3.8) is 0 Å². The summed E-state index contributed by atoms with van der Waals surface area (Å²) >= 11 is 0. The maximum atomic E-state index is 12.8. The molecule has 0 amide bonds. The van der Waals surface area contributed by atoms with Crippen LogP contribution in [0.25, 0.3) is 0 Å². The molecule has 62 heavy (non-hydrogen) atoms. The number of esters is 3. The molecule has 0 rings (SSSR count). The molecule has 0 saturated carbocycles. The van der Waals surface area contributed by atoms with E-state index in [0.717, 1.165) is 75.5 Å². The number of carbonyl (C=O) groups is 3. The number of rotatable bonds is 49. The molecule has 0 saturated heterocycles. The van der Waals surface area contributed by atoms with Gasteiger partial charge in [-0.05, 0) is 37.0 Å². The average molecular weight is 877 g/mol. The first-order chi connectivity index (χ1) is 30.1. The molecule has 0 aliphatic heterocycles. The van der Waals surface area contributed by atoms with Crippen molar-refractivity contribution < 1.29 is 28.6 Å². The molecule has 0 fully saturated rings. The van der Waals surface area contributed by atoms with Gasteiger partial charge in [0.05, 0.1) is 0 Å². The molecular formula is C56H108O6. The van der Waals surface area contributed by atoms with Gasteiger partial charge in [-0.3, -0.25) is 14.4 Å². The second-order valence-electron chi connectivity index (χ2n) is 20.4. The number of unbranched alkanes of at least 4 members (excludes halogenated alkanes) is 31. The topological polar surface area (TPSA) is 78.9 Å². The molecule has 0 radical (unpaired) electrons. The molecule has 0 aliphatic rings. The van der Waals surface area contributed by atoms with Crippen LogP contribution in [0.2, 0.25) is 0 Å². The third-order valence-corrected chi connectivity index (χ3v) is 13.0. The van der Waals surface area contributed by atoms with Gasteiger partial charge < -0.3 is 14.2 Å². The minimum Gasteiger partial charge on any atom is -0.462 e. The number of ether oxygens (including phenoxy) is 3. The summed E-state index contributed by atoms with van der Waals surface area (Å²) in [4.78, 5) is 38.0. The summed E-state index contributed by atoms with van der Waals surface area (Å²) in [6.45, 7) is 13.8. The molecule has 368 valence electrons. The van der Waals surface area contributed by atoms with Gasteiger partial charge in [0, 0.05) is 19.3 Å².